The number of nitrogens with one attached hydrogen (secondary N) is 1. The largest absolute Gasteiger partial charge is 0.342 e. The predicted molar refractivity (Wildman–Crippen MR) is 97.0 cm³/mol. The molecule has 1 N–H and O–H groups in total. The van der Waals surface area contributed by atoms with Gasteiger partial charge in [-0.1, -0.05) is 72.4 Å². The maximum atomic E-state index is 7.70. The van der Waals surface area contributed by atoms with Crippen LogP contribution in [0.2, 0.25) is 0 Å². The molecule has 1 heterocycles. The molecule has 0 saturated heterocycles. The van der Waals surface area contributed by atoms with Gasteiger partial charge in [0.1, 0.15) is 5.84 Å². The molecule has 0 saturated carbocycles. The second kappa shape index (κ2) is 8.01. The van der Waals surface area contributed by atoms with Crippen LogP contribution in [-0.4, -0.2) is 21.7 Å². The summed E-state index contributed by atoms with van der Waals surface area (Å²) in [6.07, 6.45) is 0. The molecule has 0 unspecified atom stereocenters. The Labute approximate surface area is 141 Å². The van der Waals surface area contributed by atoms with Crippen molar-refractivity contribution in [1.29, 1.82) is 5.41 Å². The van der Waals surface area contributed by atoms with E-state index in [0.29, 0.717) is 11.6 Å². The average molecular weight is 332 g/mol. The number of benzene rings is 2. The van der Waals surface area contributed by atoms with Crippen molar-refractivity contribution < 1.29 is 0 Å². The fraction of sp³-hybridized carbons (Fsp3) is 0.176. The minimum Gasteiger partial charge on any atom is -0.342 e. The number of halogens is 1. The summed E-state index contributed by atoms with van der Waals surface area (Å²) in [6, 6.07) is 20.8. The molecule has 0 aliphatic carbocycles. The highest BCUT2D eigenvalue weighted by Crippen LogP contribution is 2.21. The molecule has 0 amide bonds. The Bertz CT molecular complexity index is 602. The molecule has 3 nitrogen and oxygen atoms in total. The van der Waals surface area contributed by atoms with Gasteiger partial charge in [0, 0.05) is 13.1 Å². The lowest BCUT2D eigenvalue weighted by molar-refractivity contribution is 0.415. The number of thioether (sulfide) groups is 1. The van der Waals surface area contributed by atoms with Gasteiger partial charge in [0.25, 0.3) is 0 Å². The average Bonchev–Trinajstić information content (AvgIpc) is 2.95. The van der Waals surface area contributed by atoms with Crippen molar-refractivity contribution >= 4 is 35.2 Å². The Hall–Kier alpha value is -1.78. The van der Waals surface area contributed by atoms with Crippen LogP contribution in [0.5, 0.6) is 0 Å². The smallest absolute Gasteiger partial charge is 0.166 e. The Kier molecular flexibility index (Phi) is 6.04. The number of hydrogen-bond acceptors (Lipinski definition) is 3. The number of amidine groups is 2. The van der Waals surface area contributed by atoms with Gasteiger partial charge >= 0.3 is 0 Å². The summed E-state index contributed by atoms with van der Waals surface area (Å²) in [4.78, 5) is 6.62. The summed E-state index contributed by atoms with van der Waals surface area (Å²) >= 11 is 1.65. The van der Waals surface area contributed by atoms with Gasteiger partial charge in [-0.25, -0.2) is 4.99 Å². The van der Waals surface area contributed by atoms with E-state index in [-0.39, 0.29) is 12.4 Å². The van der Waals surface area contributed by atoms with Gasteiger partial charge in [-0.05, 0) is 11.1 Å². The van der Waals surface area contributed by atoms with Crippen molar-refractivity contribution in [2.24, 2.45) is 4.99 Å². The standard InChI is InChI=1S/C17H17N3S.ClH/c18-16-13-21-17(19-16)20(11-14-7-3-1-4-8-14)12-15-9-5-2-6-10-15;/h1-10,18H,11-13H2;1H. The van der Waals surface area contributed by atoms with Crippen LogP contribution in [0.1, 0.15) is 11.1 Å². The fourth-order valence-electron chi connectivity index (χ4n) is 2.27. The number of hydrogen-bond donors (Lipinski definition) is 1. The van der Waals surface area contributed by atoms with E-state index < -0.39 is 0 Å². The zero-order chi connectivity index (χ0) is 14.5. The summed E-state index contributed by atoms with van der Waals surface area (Å²) in [5, 5.41) is 8.65. The Morgan fingerprint density at radius 3 is 1.82 bits per heavy atom. The first-order chi connectivity index (χ1) is 10.3. The molecule has 1 aliphatic heterocycles. The molecule has 0 aromatic heterocycles. The van der Waals surface area contributed by atoms with Crippen molar-refractivity contribution in [3.8, 4) is 0 Å². The van der Waals surface area contributed by atoms with Gasteiger partial charge < -0.3 is 4.90 Å². The first-order valence-corrected chi connectivity index (χ1v) is 7.91. The molecule has 0 fully saturated rings. The quantitative estimate of drug-likeness (QED) is 0.912. The number of aliphatic imine (C=N–C) groups is 1. The van der Waals surface area contributed by atoms with E-state index in [2.05, 4.69) is 58.4 Å². The van der Waals surface area contributed by atoms with Gasteiger partial charge in [0.05, 0.1) is 5.75 Å². The maximum Gasteiger partial charge on any atom is 0.166 e. The SMILES string of the molecule is Cl.N=C1CSC(N(Cc2ccccc2)Cc2ccccc2)=N1. The van der Waals surface area contributed by atoms with E-state index in [9.17, 15) is 0 Å². The third-order valence-electron chi connectivity index (χ3n) is 3.27. The van der Waals surface area contributed by atoms with Gasteiger partial charge in [0.15, 0.2) is 5.17 Å². The molecule has 0 radical (unpaired) electrons. The zero-order valence-electron chi connectivity index (χ0n) is 12.1. The molecular weight excluding hydrogens is 314 g/mol. The molecule has 22 heavy (non-hydrogen) atoms. The Balaban J connectivity index is 0.00000176. The third kappa shape index (κ3) is 4.36. The zero-order valence-corrected chi connectivity index (χ0v) is 13.7. The Morgan fingerprint density at radius 1 is 0.909 bits per heavy atom. The summed E-state index contributed by atoms with van der Waals surface area (Å²) in [6.45, 7) is 1.63. The lowest BCUT2D eigenvalue weighted by atomic mass is 10.2. The highest BCUT2D eigenvalue weighted by molar-refractivity contribution is 8.14. The molecule has 0 spiro atoms. The summed E-state index contributed by atoms with van der Waals surface area (Å²) in [7, 11) is 0. The maximum absolute atomic E-state index is 7.70. The molecule has 2 aromatic rings. The fourth-order valence-corrected chi connectivity index (χ4v) is 3.09. The topological polar surface area (TPSA) is 39.5 Å². The first kappa shape index (κ1) is 16.6. The van der Waals surface area contributed by atoms with E-state index in [1.165, 1.54) is 11.1 Å². The highest BCUT2D eigenvalue weighted by atomic mass is 35.5. The van der Waals surface area contributed by atoms with Crippen molar-refractivity contribution in [2.75, 3.05) is 5.75 Å². The third-order valence-corrected chi connectivity index (χ3v) is 4.30. The molecule has 0 bridgehead atoms. The van der Waals surface area contributed by atoms with Crippen LogP contribution in [0.25, 0.3) is 0 Å². The van der Waals surface area contributed by atoms with E-state index >= 15 is 0 Å². The molecule has 3 rings (SSSR count). The van der Waals surface area contributed by atoms with Gasteiger partial charge in [-0.2, -0.15) is 0 Å². The van der Waals surface area contributed by atoms with E-state index in [0.717, 1.165) is 18.3 Å². The van der Waals surface area contributed by atoms with Crippen LogP contribution in [0.15, 0.2) is 65.7 Å². The van der Waals surface area contributed by atoms with Crippen LogP contribution in [0.4, 0.5) is 0 Å². The van der Waals surface area contributed by atoms with Crippen LogP contribution in [-0.2, 0) is 13.1 Å². The Morgan fingerprint density at radius 2 is 1.41 bits per heavy atom. The summed E-state index contributed by atoms with van der Waals surface area (Å²) < 4.78 is 0. The lowest BCUT2D eigenvalue weighted by Gasteiger charge is -2.24. The molecule has 1 aliphatic rings. The molecule has 114 valence electrons. The summed E-state index contributed by atoms with van der Waals surface area (Å²) in [5.41, 5.74) is 2.52. The molecule has 2 aromatic carbocycles. The van der Waals surface area contributed by atoms with Gasteiger partial charge in [-0.3, -0.25) is 5.41 Å². The predicted octanol–water partition coefficient (Wildman–Crippen LogP) is 4.19. The lowest BCUT2D eigenvalue weighted by Crippen LogP contribution is -2.27. The van der Waals surface area contributed by atoms with Crippen LogP contribution in [0, 0.1) is 5.41 Å². The van der Waals surface area contributed by atoms with Gasteiger partial charge in [-0.15, -0.1) is 12.4 Å². The van der Waals surface area contributed by atoms with Crippen LogP contribution in [0.3, 0.4) is 0 Å². The van der Waals surface area contributed by atoms with Crippen molar-refractivity contribution in [1.82, 2.24) is 4.90 Å². The summed E-state index contributed by atoms with van der Waals surface area (Å²) in [5.74, 6) is 1.14. The molecule has 5 heteroatoms. The molecular formula is C17H18ClN3S. The van der Waals surface area contributed by atoms with Crippen LogP contribution >= 0.6 is 24.2 Å². The normalized spacial score (nSPS) is 13.5. The van der Waals surface area contributed by atoms with Crippen molar-refractivity contribution in [3.63, 3.8) is 0 Å². The van der Waals surface area contributed by atoms with Crippen molar-refractivity contribution in [2.45, 2.75) is 13.1 Å². The van der Waals surface area contributed by atoms with E-state index in [1.54, 1.807) is 11.8 Å². The minimum atomic E-state index is 0. The highest BCUT2D eigenvalue weighted by Gasteiger charge is 2.19. The van der Waals surface area contributed by atoms with Crippen molar-refractivity contribution in [3.05, 3.63) is 71.8 Å². The first-order valence-electron chi connectivity index (χ1n) is 6.93. The number of rotatable bonds is 4. The second-order valence-electron chi connectivity index (χ2n) is 4.96. The van der Waals surface area contributed by atoms with E-state index in [1.807, 2.05) is 12.1 Å². The minimum absolute atomic E-state index is 0. The molecule has 0 atom stereocenters. The second-order valence-corrected chi connectivity index (χ2v) is 5.90. The van der Waals surface area contributed by atoms with E-state index in [4.69, 9.17) is 5.41 Å². The number of nitrogens with zero attached hydrogens (tertiary/aromatic N) is 2. The van der Waals surface area contributed by atoms with Gasteiger partial charge in [0.2, 0.25) is 0 Å². The monoisotopic (exact) mass is 331 g/mol. The van der Waals surface area contributed by atoms with Crippen LogP contribution < -0.4 is 0 Å².